The van der Waals surface area contributed by atoms with Gasteiger partial charge >= 0.3 is 5.97 Å². The van der Waals surface area contributed by atoms with Crippen LogP contribution in [0.4, 0.5) is 0 Å². The summed E-state index contributed by atoms with van der Waals surface area (Å²) in [6.07, 6.45) is 1.96. The van der Waals surface area contributed by atoms with Gasteiger partial charge in [-0.25, -0.2) is 4.79 Å². The Bertz CT molecular complexity index is 518. The first kappa shape index (κ1) is 19.5. The van der Waals surface area contributed by atoms with Crippen LogP contribution in [-0.2, 0) is 16.0 Å². The van der Waals surface area contributed by atoms with E-state index in [1.165, 1.54) is 11.1 Å². The monoisotopic (exact) mass is 321 g/mol. The van der Waals surface area contributed by atoms with Crippen molar-refractivity contribution in [3.63, 3.8) is 0 Å². The summed E-state index contributed by atoms with van der Waals surface area (Å²) in [6.45, 7) is 9.82. The molecule has 23 heavy (non-hydrogen) atoms. The van der Waals surface area contributed by atoms with Gasteiger partial charge < -0.3 is 14.4 Å². The highest BCUT2D eigenvalue weighted by molar-refractivity contribution is 5.71. The molecule has 1 rings (SSSR count). The van der Waals surface area contributed by atoms with E-state index in [1.807, 2.05) is 32.9 Å². The standard InChI is InChI=1S/C19H31NO3/c1-8-10-16-15(14(2)20(6)7)11-9-12-17(16)22-13-18(21)23-19(3,4)5/h9,11-12,14H,8,10,13H2,1-7H3. The third-order valence-electron chi connectivity index (χ3n) is 3.66. The van der Waals surface area contributed by atoms with Crippen LogP contribution in [0.1, 0.15) is 58.2 Å². The minimum absolute atomic E-state index is 0.0617. The Kier molecular flexibility index (Phi) is 7.07. The smallest absolute Gasteiger partial charge is 0.344 e. The molecule has 0 bridgehead atoms. The zero-order valence-electron chi connectivity index (χ0n) is 15.6. The van der Waals surface area contributed by atoms with Crippen molar-refractivity contribution in [2.45, 2.75) is 59.1 Å². The second-order valence-corrected chi connectivity index (χ2v) is 7.09. The van der Waals surface area contributed by atoms with Crippen LogP contribution in [0.2, 0.25) is 0 Å². The van der Waals surface area contributed by atoms with Crippen molar-refractivity contribution in [3.8, 4) is 5.75 Å². The normalized spacial score (nSPS) is 13.0. The van der Waals surface area contributed by atoms with E-state index in [-0.39, 0.29) is 12.6 Å². The Morgan fingerprint density at radius 3 is 2.43 bits per heavy atom. The summed E-state index contributed by atoms with van der Waals surface area (Å²) in [5.74, 6) is 0.440. The zero-order valence-corrected chi connectivity index (χ0v) is 15.6. The molecule has 1 unspecified atom stereocenters. The van der Waals surface area contributed by atoms with Crippen LogP contribution >= 0.6 is 0 Å². The Morgan fingerprint density at radius 1 is 1.26 bits per heavy atom. The maximum atomic E-state index is 11.9. The largest absolute Gasteiger partial charge is 0.482 e. The summed E-state index contributed by atoms with van der Waals surface area (Å²) in [5.41, 5.74) is 1.94. The fourth-order valence-corrected chi connectivity index (χ4v) is 2.41. The molecule has 0 fully saturated rings. The third kappa shape index (κ3) is 6.22. The number of carbonyl (C=O) groups excluding carboxylic acids is 1. The van der Waals surface area contributed by atoms with Gasteiger partial charge in [-0.15, -0.1) is 0 Å². The summed E-state index contributed by atoms with van der Waals surface area (Å²) in [7, 11) is 4.13. The predicted molar refractivity (Wildman–Crippen MR) is 93.9 cm³/mol. The predicted octanol–water partition coefficient (Wildman–Crippen LogP) is 3.98. The van der Waals surface area contributed by atoms with Gasteiger partial charge in [0.25, 0.3) is 0 Å². The van der Waals surface area contributed by atoms with Crippen LogP contribution in [-0.4, -0.2) is 37.2 Å². The number of ether oxygens (including phenoxy) is 2. The van der Waals surface area contributed by atoms with Crippen molar-refractivity contribution in [1.29, 1.82) is 0 Å². The van der Waals surface area contributed by atoms with Gasteiger partial charge in [-0.1, -0.05) is 25.5 Å². The fraction of sp³-hybridized carbons (Fsp3) is 0.632. The number of hydrogen-bond acceptors (Lipinski definition) is 4. The molecular formula is C19H31NO3. The van der Waals surface area contributed by atoms with Gasteiger partial charge in [0.1, 0.15) is 11.4 Å². The lowest BCUT2D eigenvalue weighted by Crippen LogP contribution is -2.27. The van der Waals surface area contributed by atoms with Gasteiger partial charge in [0.2, 0.25) is 0 Å². The summed E-state index contributed by atoms with van der Waals surface area (Å²) in [4.78, 5) is 14.0. The van der Waals surface area contributed by atoms with Gasteiger partial charge in [0.15, 0.2) is 6.61 Å². The van der Waals surface area contributed by atoms with Gasteiger partial charge in [0.05, 0.1) is 0 Å². The third-order valence-corrected chi connectivity index (χ3v) is 3.66. The van der Waals surface area contributed by atoms with E-state index in [9.17, 15) is 4.79 Å². The second-order valence-electron chi connectivity index (χ2n) is 7.09. The molecule has 1 aromatic rings. The molecule has 0 aromatic heterocycles. The van der Waals surface area contributed by atoms with Crippen LogP contribution in [0, 0.1) is 0 Å². The van der Waals surface area contributed by atoms with E-state index in [0.29, 0.717) is 6.04 Å². The first-order chi connectivity index (χ1) is 10.7. The molecule has 0 amide bonds. The van der Waals surface area contributed by atoms with Crippen LogP contribution in [0.5, 0.6) is 5.75 Å². The summed E-state index contributed by atoms with van der Waals surface area (Å²) >= 11 is 0. The lowest BCUT2D eigenvalue weighted by molar-refractivity contribution is -0.157. The number of nitrogens with zero attached hydrogens (tertiary/aromatic N) is 1. The number of rotatable bonds is 7. The Hall–Kier alpha value is -1.55. The van der Waals surface area contributed by atoms with Crippen LogP contribution in [0.3, 0.4) is 0 Å². The van der Waals surface area contributed by atoms with E-state index in [2.05, 4.69) is 38.9 Å². The van der Waals surface area contributed by atoms with E-state index >= 15 is 0 Å². The Morgan fingerprint density at radius 2 is 1.91 bits per heavy atom. The molecule has 0 heterocycles. The fourth-order valence-electron chi connectivity index (χ4n) is 2.41. The molecule has 4 nitrogen and oxygen atoms in total. The minimum Gasteiger partial charge on any atom is -0.482 e. The van der Waals surface area contributed by atoms with Gasteiger partial charge in [-0.3, -0.25) is 0 Å². The van der Waals surface area contributed by atoms with Crippen molar-refractivity contribution in [3.05, 3.63) is 29.3 Å². The van der Waals surface area contributed by atoms with Crippen molar-refractivity contribution in [1.82, 2.24) is 4.90 Å². The Labute approximate surface area is 140 Å². The lowest BCUT2D eigenvalue weighted by Gasteiger charge is -2.25. The minimum atomic E-state index is -0.492. The second kappa shape index (κ2) is 8.34. The maximum Gasteiger partial charge on any atom is 0.344 e. The van der Waals surface area contributed by atoms with Crippen molar-refractivity contribution >= 4 is 5.97 Å². The summed E-state index contributed by atoms with van der Waals surface area (Å²) in [6, 6.07) is 6.34. The average Bonchev–Trinajstić information content (AvgIpc) is 2.43. The molecule has 0 aliphatic heterocycles. The highest BCUT2D eigenvalue weighted by Crippen LogP contribution is 2.30. The molecule has 0 aliphatic rings. The van der Waals surface area contributed by atoms with E-state index in [4.69, 9.17) is 9.47 Å². The van der Waals surface area contributed by atoms with Crippen molar-refractivity contribution in [2.75, 3.05) is 20.7 Å². The van der Waals surface area contributed by atoms with E-state index < -0.39 is 5.60 Å². The first-order valence-corrected chi connectivity index (χ1v) is 8.28. The molecule has 0 N–H and O–H groups in total. The molecule has 4 heteroatoms. The Balaban J connectivity index is 2.93. The molecular weight excluding hydrogens is 290 g/mol. The molecule has 0 spiro atoms. The first-order valence-electron chi connectivity index (χ1n) is 8.28. The van der Waals surface area contributed by atoms with Crippen LogP contribution in [0.15, 0.2) is 18.2 Å². The van der Waals surface area contributed by atoms with Crippen LogP contribution in [0.25, 0.3) is 0 Å². The molecule has 1 aromatic carbocycles. The number of carbonyl (C=O) groups is 1. The van der Waals surface area contributed by atoms with Crippen molar-refractivity contribution in [2.24, 2.45) is 0 Å². The molecule has 0 saturated heterocycles. The highest BCUT2D eigenvalue weighted by atomic mass is 16.6. The lowest BCUT2D eigenvalue weighted by atomic mass is 9.96. The van der Waals surface area contributed by atoms with E-state index in [0.717, 1.165) is 18.6 Å². The molecule has 0 aliphatic carbocycles. The molecule has 0 saturated carbocycles. The molecule has 0 radical (unpaired) electrons. The van der Waals surface area contributed by atoms with Gasteiger partial charge in [-0.2, -0.15) is 0 Å². The summed E-state index contributed by atoms with van der Waals surface area (Å²) < 4.78 is 11.1. The number of hydrogen-bond donors (Lipinski definition) is 0. The quantitative estimate of drug-likeness (QED) is 0.712. The topological polar surface area (TPSA) is 38.8 Å². The zero-order chi connectivity index (χ0) is 17.6. The van der Waals surface area contributed by atoms with E-state index in [1.54, 1.807) is 0 Å². The van der Waals surface area contributed by atoms with Crippen LogP contribution < -0.4 is 4.74 Å². The van der Waals surface area contributed by atoms with Crippen molar-refractivity contribution < 1.29 is 14.3 Å². The molecule has 130 valence electrons. The average molecular weight is 321 g/mol. The van der Waals surface area contributed by atoms with Gasteiger partial charge in [0, 0.05) is 6.04 Å². The highest BCUT2D eigenvalue weighted by Gasteiger charge is 2.19. The molecule has 1 atom stereocenters. The van der Waals surface area contributed by atoms with Gasteiger partial charge in [-0.05, 0) is 65.4 Å². The SMILES string of the molecule is CCCc1c(OCC(=O)OC(C)(C)C)cccc1C(C)N(C)C. The maximum absolute atomic E-state index is 11.9. The number of esters is 1. The number of benzene rings is 1. The summed E-state index contributed by atoms with van der Waals surface area (Å²) in [5, 5.41) is 0.